The number of aromatic nitrogens is 1. The summed E-state index contributed by atoms with van der Waals surface area (Å²) >= 11 is 1.61. The Morgan fingerprint density at radius 3 is 2.81 bits per heavy atom. The Kier molecular flexibility index (Phi) is 5.80. The zero-order chi connectivity index (χ0) is 18.4. The van der Waals surface area contributed by atoms with E-state index in [1.807, 2.05) is 48.5 Å². The number of carbonyl (C=O) groups is 2. The zero-order valence-electron chi connectivity index (χ0n) is 14.3. The van der Waals surface area contributed by atoms with Gasteiger partial charge in [-0.25, -0.2) is 9.78 Å². The highest BCUT2D eigenvalue weighted by atomic mass is 32.1. The molecule has 7 heteroatoms. The standard InChI is InChI=1S/C19H19N3O3S/c1-2-25-19(24)20-11-10-17(23)21-14-7-5-6-13(12-14)18-22-15-8-3-4-9-16(15)26-18/h3-9,12H,2,10-11H2,1H3,(H,20,24)(H,21,23). The molecule has 0 saturated carbocycles. The maximum absolute atomic E-state index is 12.0. The quantitative estimate of drug-likeness (QED) is 0.687. The molecule has 0 fully saturated rings. The van der Waals surface area contributed by atoms with Crippen LogP contribution < -0.4 is 10.6 Å². The highest BCUT2D eigenvalue weighted by Gasteiger charge is 2.08. The minimum Gasteiger partial charge on any atom is -0.450 e. The van der Waals surface area contributed by atoms with Crippen molar-refractivity contribution in [3.8, 4) is 10.6 Å². The molecule has 0 saturated heterocycles. The van der Waals surface area contributed by atoms with Crippen molar-refractivity contribution in [2.24, 2.45) is 0 Å². The van der Waals surface area contributed by atoms with E-state index in [0.717, 1.165) is 20.8 Å². The Balaban J connectivity index is 1.62. The van der Waals surface area contributed by atoms with E-state index in [1.54, 1.807) is 18.3 Å². The third-order valence-corrected chi connectivity index (χ3v) is 4.67. The second kappa shape index (κ2) is 8.44. The molecule has 1 heterocycles. The number of hydrogen-bond donors (Lipinski definition) is 2. The fraction of sp³-hybridized carbons (Fsp3) is 0.211. The van der Waals surface area contributed by atoms with Crippen LogP contribution in [0.5, 0.6) is 0 Å². The summed E-state index contributed by atoms with van der Waals surface area (Å²) in [5.41, 5.74) is 2.61. The fourth-order valence-corrected chi connectivity index (χ4v) is 3.37. The molecule has 1 aromatic heterocycles. The molecule has 2 amide bonds. The second-order valence-corrected chi connectivity index (χ2v) is 6.54. The average Bonchev–Trinajstić information content (AvgIpc) is 3.06. The van der Waals surface area contributed by atoms with E-state index in [-0.39, 0.29) is 18.9 Å². The number of alkyl carbamates (subject to hydrolysis) is 1. The van der Waals surface area contributed by atoms with Crippen molar-refractivity contribution in [3.05, 3.63) is 48.5 Å². The van der Waals surface area contributed by atoms with Gasteiger partial charge >= 0.3 is 6.09 Å². The van der Waals surface area contributed by atoms with Gasteiger partial charge in [0.1, 0.15) is 5.01 Å². The molecular formula is C19H19N3O3S. The first kappa shape index (κ1) is 17.9. The molecule has 0 aliphatic heterocycles. The first-order valence-electron chi connectivity index (χ1n) is 8.32. The summed E-state index contributed by atoms with van der Waals surface area (Å²) in [5, 5.41) is 6.27. The van der Waals surface area contributed by atoms with Gasteiger partial charge in [-0.2, -0.15) is 0 Å². The predicted molar refractivity (Wildman–Crippen MR) is 103 cm³/mol. The minimum absolute atomic E-state index is 0.171. The van der Waals surface area contributed by atoms with Crippen molar-refractivity contribution < 1.29 is 14.3 Å². The molecule has 0 spiro atoms. The normalized spacial score (nSPS) is 10.5. The molecule has 3 aromatic rings. The Morgan fingerprint density at radius 1 is 1.15 bits per heavy atom. The monoisotopic (exact) mass is 369 g/mol. The third kappa shape index (κ3) is 4.58. The van der Waals surface area contributed by atoms with Crippen molar-refractivity contribution in [2.45, 2.75) is 13.3 Å². The smallest absolute Gasteiger partial charge is 0.407 e. The van der Waals surface area contributed by atoms with Gasteiger partial charge in [-0.05, 0) is 31.2 Å². The third-order valence-electron chi connectivity index (χ3n) is 3.58. The second-order valence-electron chi connectivity index (χ2n) is 5.51. The first-order chi connectivity index (χ1) is 12.7. The molecule has 134 valence electrons. The SMILES string of the molecule is CCOC(=O)NCCC(=O)Nc1cccc(-c2nc3ccccc3s2)c1. The summed E-state index contributed by atoms with van der Waals surface area (Å²) in [4.78, 5) is 27.8. The van der Waals surface area contributed by atoms with Crippen LogP contribution in [0.2, 0.25) is 0 Å². The predicted octanol–water partition coefficient (Wildman–Crippen LogP) is 4.04. The van der Waals surface area contributed by atoms with Crippen molar-refractivity contribution in [1.29, 1.82) is 0 Å². The van der Waals surface area contributed by atoms with Crippen molar-refractivity contribution in [3.63, 3.8) is 0 Å². The van der Waals surface area contributed by atoms with Crippen LogP contribution in [-0.4, -0.2) is 30.1 Å². The van der Waals surface area contributed by atoms with Gasteiger partial charge in [0.2, 0.25) is 5.91 Å². The number of anilines is 1. The van der Waals surface area contributed by atoms with Gasteiger partial charge in [0.25, 0.3) is 0 Å². The van der Waals surface area contributed by atoms with E-state index >= 15 is 0 Å². The number of thiazole rings is 1. The lowest BCUT2D eigenvalue weighted by atomic mass is 10.2. The largest absolute Gasteiger partial charge is 0.450 e. The lowest BCUT2D eigenvalue weighted by Crippen LogP contribution is -2.28. The van der Waals surface area contributed by atoms with Crippen LogP contribution in [0.25, 0.3) is 20.8 Å². The molecule has 6 nitrogen and oxygen atoms in total. The first-order valence-corrected chi connectivity index (χ1v) is 9.14. The van der Waals surface area contributed by atoms with Crippen LogP contribution in [0, 0.1) is 0 Å². The number of nitrogens with zero attached hydrogens (tertiary/aromatic N) is 1. The van der Waals surface area contributed by atoms with Crippen molar-refractivity contribution in [2.75, 3.05) is 18.5 Å². The number of nitrogens with one attached hydrogen (secondary N) is 2. The summed E-state index contributed by atoms with van der Waals surface area (Å²) in [6.07, 6.45) is -0.345. The molecule has 0 aliphatic carbocycles. The van der Waals surface area contributed by atoms with E-state index < -0.39 is 6.09 Å². The number of rotatable bonds is 6. The van der Waals surface area contributed by atoms with Gasteiger partial charge in [0, 0.05) is 24.2 Å². The van der Waals surface area contributed by atoms with E-state index in [9.17, 15) is 9.59 Å². The number of fused-ring (bicyclic) bond motifs is 1. The van der Waals surface area contributed by atoms with Gasteiger partial charge in [-0.3, -0.25) is 4.79 Å². The number of para-hydroxylation sites is 1. The van der Waals surface area contributed by atoms with Gasteiger partial charge in [-0.1, -0.05) is 24.3 Å². The Morgan fingerprint density at radius 2 is 2.00 bits per heavy atom. The van der Waals surface area contributed by atoms with E-state index in [0.29, 0.717) is 12.3 Å². The number of benzene rings is 2. The van der Waals surface area contributed by atoms with Crippen LogP contribution in [0.15, 0.2) is 48.5 Å². The summed E-state index contributed by atoms with van der Waals surface area (Å²) in [7, 11) is 0. The molecule has 0 bridgehead atoms. The van der Waals surface area contributed by atoms with Crippen LogP contribution in [-0.2, 0) is 9.53 Å². The molecule has 0 radical (unpaired) electrons. The lowest BCUT2D eigenvalue weighted by Gasteiger charge is -2.07. The summed E-state index contributed by atoms with van der Waals surface area (Å²) in [6, 6.07) is 15.6. The fourth-order valence-electron chi connectivity index (χ4n) is 2.41. The Bertz CT molecular complexity index is 890. The summed E-state index contributed by atoms with van der Waals surface area (Å²) in [5.74, 6) is -0.178. The van der Waals surface area contributed by atoms with Gasteiger partial charge < -0.3 is 15.4 Å². The van der Waals surface area contributed by atoms with Crippen LogP contribution >= 0.6 is 11.3 Å². The highest BCUT2D eigenvalue weighted by molar-refractivity contribution is 7.21. The number of amides is 2. The van der Waals surface area contributed by atoms with Crippen LogP contribution in [0.4, 0.5) is 10.5 Å². The maximum Gasteiger partial charge on any atom is 0.407 e. The molecule has 0 atom stereocenters. The van der Waals surface area contributed by atoms with Gasteiger partial charge in [0.15, 0.2) is 0 Å². The molecule has 2 aromatic carbocycles. The molecule has 2 N–H and O–H groups in total. The number of ether oxygens (including phenoxy) is 1. The van der Waals surface area contributed by atoms with E-state index in [1.165, 1.54) is 0 Å². The Hall–Kier alpha value is -2.93. The lowest BCUT2D eigenvalue weighted by molar-refractivity contribution is -0.116. The molecule has 0 aliphatic rings. The van der Waals surface area contributed by atoms with Crippen LogP contribution in [0.3, 0.4) is 0 Å². The van der Waals surface area contributed by atoms with Crippen LogP contribution in [0.1, 0.15) is 13.3 Å². The highest BCUT2D eigenvalue weighted by Crippen LogP contribution is 2.31. The molecular weight excluding hydrogens is 350 g/mol. The van der Waals surface area contributed by atoms with E-state index in [4.69, 9.17) is 4.74 Å². The maximum atomic E-state index is 12.0. The minimum atomic E-state index is -0.516. The van der Waals surface area contributed by atoms with Gasteiger partial charge in [-0.15, -0.1) is 11.3 Å². The molecule has 26 heavy (non-hydrogen) atoms. The summed E-state index contributed by atoms with van der Waals surface area (Å²) < 4.78 is 5.87. The number of hydrogen-bond acceptors (Lipinski definition) is 5. The zero-order valence-corrected chi connectivity index (χ0v) is 15.1. The topological polar surface area (TPSA) is 80.3 Å². The van der Waals surface area contributed by atoms with E-state index in [2.05, 4.69) is 15.6 Å². The van der Waals surface area contributed by atoms with Gasteiger partial charge in [0.05, 0.1) is 16.8 Å². The summed E-state index contributed by atoms with van der Waals surface area (Å²) in [6.45, 7) is 2.25. The Labute approximate surface area is 155 Å². The van der Waals surface area contributed by atoms with Crippen molar-refractivity contribution in [1.82, 2.24) is 10.3 Å². The average molecular weight is 369 g/mol. The number of carbonyl (C=O) groups excluding carboxylic acids is 2. The molecule has 3 rings (SSSR count). The molecule has 0 unspecified atom stereocenters. The van der Waals surface area contributed by atoms with Crippen molar-refractivity contribution >= 4 is 39.2 Å².